The number of nitrogens with one attached hydrogen (secondary N) is 1. The van der Waals surface area contributed by atoms with Gasteiger partial charge in [-0.15, -0.1) is 0 Å². The Morgan fingerprint density at radius 3 is 2.28 bits per heavy atom. The molecule has 2 rings (SSSR count). The van der Waals surface area contributed by atoms with Crippen molar-refractivity contribution in [3.8, 4) is 0 Å². The summed E-state index contributed by atoms with van der Waals surface area (Å²) in [5.41, 5.74) is 2.46. The lowest BCUT2D eigenvalue weighted by atomic mass is 10.0. The maximum atomic E-state index is 5.46. The van der Waals surface area contributed by atoms with Gasteiger partial charge in [-0.1, -0.05) is 26.0 Å². The van der Waals surface area contributed by atoms with Crippen LogP contribution in [0, 0.1) is 0 Å². The van der Waals surface area contributed by atoms with E-state index in [0.717, 1.165) is 23.9 Å². The lowest BCUT2D eigenvalue weighted by molar-refractivity contribution is 0.346. The fourth-order valence-corrected chi connectivity index (χ4v) is 2.55. The summed E-state index contributed by atoms with van der Waals surface area (Å²) in [6, 6.07) is 8.58. The van der Waals surface area contributed by atoms with Crippen molar-refractivity contribution in [1.82, 2.24) is 4.90 Å². The second-order valence-electron chi connectivity index (χ2n) is 5.25. The molecule has 0 aromatic heterocycles. The summed E-state index contributed by atoms with van der Waals surface area (Å²) in [6.07, 6.45) is 3.85. The Morgan fingerprint density at radius 1 is 1.11 bits per heavy atom. The van der Waals surface area contributed by atoms with Crippen molar-refractivity contribution in [3.63, 3.8) is 0 Å². The molecule has 1 aliphatic heterocycles. The molecule has 0 saturated carbocycles. The molecule has 1 aromatic carbocycles. The summed E-state index contributed by atoms with van der Waals surface area (Å²) in [5.74, 6) is 0.577. The highest BCUT2D eigenvalue weighted by atomic mass is 32.1. The summed E-state index contributed by atoms with van der Waals surface area (Å²) >= 11 is 5.46. The van der Waals surface area contributed by atoms with Gasteiger partial charge < -0.3 is 10.2 Å². The molecule has 0 radical (unpaired) electrons. The van der Waals surface area contributed by atoms with E-state index in [4.69, 9.17) is 12.2 Å². The first-order valence-corrected chi connectivity index (χ1v) is 7.23. The molecule has 0 unspecified atom stereocenters. The molecule has 0 atom stereocenters. The Balaban J connectivity index is 1.94. The van der Waals surface area contributed by atoms with Gasteiger partial charge in [0.2, 0.25) is 0 Å². The fourth-order valence-electron chi connectivity index (χ4n) is 2.25. The number of piperidine rings is 1. The maximum Gasteiger partial charge on any atom is 0.173 e. The molecule has 1 aromatic rings. The standard InChI is InChI=1S/C15H22N2S/c1-12(2)13-6-8-14(9-7-13)16-15(18)17-10-4-3-5-11-17/h6-9,12H,3-5,10-11H2,1-2H3,(H,16,18). The van der Waals surface area contributed by atoms with Crippen LogP contribution in [0.4, 0.5) is 5.69 Å². The molecule has 98 valence electrons. The molecule has 0 aliphatic carbocycles. The van der Waals surface area contributed by atoms with Crippen LogP contribution in [0.3, 0.4) is 0 Å². The van der Waals surface area contributed by atoms with Crippen molar-refractivity contribution in [3.05, 3.63) is 29.8 Å². The highest BCUT2D eigenvalue weighted by Gasteiger charge is 2.13. The Labute approximate surface area is 115 Å². The second kappa shape index (κ2) is 6.19. The molecule has 1 heterocycles. The first kappa shape index (κ1) is 13.3. The minimum atomic E-state index is 0.577. The first-order valence-electron chi connectivity index (χ1n) is 6.82. The number of rotatable bonds is 2. The molecule has 1 aliphatic rings. The molecule has 0 spiro atoms. The molecular weight excluding hydrogens is 240 g/mol. The molecule has 0 bridgehead atoms. The largest absolute Gasteiger partial charge is 0.349 e. The average molecular weight is 262 g/mol. The fraction of sp³-hybridized carbons (Fsp3) is 0.533. The van der Waals surface area contributed by atoms with Crippen LogP contribution in [-0.2, 0) is 0 Å². The number of hydrogen-bond donors (Lipinski definition) is 1. The van der Waals surface area contributed by atoms with E-state index in [1.807, 2.05) is 0 Å². The van der Waals surface area contributed by atoms with E-state index in [9.17, 15) is 0 Å². The summed E-state index contributed by atoms with van der Waals surface area (Å²) in [5, 5.41) is 4.20. The van der Waals surface area contributed by atoms with E-state index in [0.29, 0.717) is 5.92 Å². The van der Waals surface area contributed by atoms with Crippen molar-refractivity contribution < 1.29 is 0 Å². The highest BCUT2D eigenvalue weighted by molar-refractivity contribution is 7.80. The average Bonchev–Trinajstić information content (AvgIpc) is 2.40. The summed E-state index contributed by atoms with van der Waals surface area (Å²) in [7, 11) is 0. The normalized spacial score (nSPS) is 15.8. The minimum Gasteiger partial charge on any atom is -0.349 e. The third-order valence-electron chi connectivity index (χ3n) is 3.47. The van der Waals surface area contributed by atoms with Gasteiger partial charge >= 0.3 is 0 Å². The molecule has 18 heavy (non-hydrogen) atoms. The van der Waals surface area contributed by atoms with Gasteiger partial charge in [0.15, 0.2) is 5.11 Å². The zero-order valence-electron chi connectivity index (χ0n) is 11.3. The van der Waals surface area contributed by atoms with Crippen LogP contribution in [0.15, 0.2) is 24.3 Å². The van der Waals surface area contributed by atoms with E-state index in [2.05, 4.69) is 48.3 Å². The van der Waals surface area contributed by atoms with Gasteiger partial charge in [0, 0.05) is 18.8 Å². The number of hydrogen-bond acceptors (Lipinski definition) is 1. The van der Waals surface area contributed by atoms with E-state index in [-0.39, 0.29) is 0 Å². The van der Waals surface area contributed by atoms with Crippen LogP contribution < -0.4 is 5.32 Å². The maximum absolute atomic E-state index is 5.46. The monoisotopic (exact) mass is 262 g/mol. The van der Waals surface area contributed by atoms with Crippen LogP contribution >= 0.6 is 12.2 Å². The van der Waals surface area contributed by atoms with Crippen LogP contribution in [0.5, 0.6) is 0 Å². The third-order valence-corrected chi connectivity index (χ3v) is 3.83. The van der Waals surface area contributed by atoms with Crippen molar-refractivity contribution in [2.24, 2.45) is 0 Å². The van der Waals surface area contributed by atoms with Gasteiger partial charge in [-0.05, 0) is 55.1 Å². The topological polar surface area (TPSA) is 15.3 Å². The van der Waals surface area contributed by atoms with Gasteiger partial charge in [0.05, 0.1) is 0 Å². The van der Waals surface area contributed by atoms with E-state index in [1.165, 1.54) is 24.8 Å². The number of thiocarbonyl (C=S) groups is 1. The predicted octanol–water partition coefficient (Wildman–Crippen LogP) is 3.99. The smallest absolute Gasteiger partial charge is 0.173 e. The first-order chi connectivity index (χ1) is 8.66. The van der Waals surface area contributed by atoms with Gasteiger partial charge in [-0.3, -0.25) is 0 Å². The van der Waals surface area contributed by atoms with Gasteiger partial charge in [-0.25, -0.2) is 0 Å². The van der Waals surface area contributed by atoms with Crippen molar-refractivity contribution in [1.29, 1.82) is 0 Å². The highest BCUT2D eigenvalue weighted by Crippen LogP contribution is 2.18. The second-order valence-corrected chi connectivity index (χ2v) is 5.64. The summed E-state index contributed by atoms with van der Waals surface area (Å²) in [4.78, 5) is 2.27. The molecule has 1 fully saturated rings. The Kier molecular flexibility index (Phi) is 4.59. The quantitative estimate of drug-likeness (QED) is 0.811. The zero-order valence-corrected chi connectivity index (χ0v) is 12.1. The van der Waals surface area contributed by atoms with E-state index < -0.39 is 0 Å². The van der Waals surface area contributed by atoms with Gasteiger partial charge in [-0.2, -0.15) is 0 Å². The van der Waals surface area contributed by atoms with Gasteiger partial charge in [0.25, 0.3) is 0 Å². The molecule has 1 saturated heterocycles. The van der Waals surface area contributed by atoms with Crippen LogP contribution in [0.1, 0.15) is 44.6 Å². The minimum absolute atomic E-state index is 0.577. The van der Waals surface area contributed by atoms with Crippen LogP contribution in [0.25, 0.3) is 0 Å². The molecule has 2 nitrogen and oxygen atoms in total. The number of nitrogens with zero attached hydrogens (tertiary/aromatic N) is 1. The SMILES string of the molecule is CC(C)c1ccc(NC(=S)N2CCCCC2)cc1. The van der Waals surface area contributed by atoms with Crippen LogP contribution in [-0.4, -0.2) is 23.1 Å². The third kappa shape index (κ3) is 3.45. The van der Waals surface area contributed by atoms with E-state index in [1.54, 1.807) is 0 Å². The number of benzene rings is 1. The van der Waals surface area contributed by atoms with Crippen molar-refractivity contribution in [2.45, 2.75) is 39.0 Å². The molecule has 0 amide bonds. The Bertz CT molecular complexity index is 391. The number of likely N-dealkylation sites (tertiary alicyclic amines) is 1. The summed E-state index contributed by atoms with van der Waals surface area (Å²) < 4.78 is 0. The molecule has 3 heteroatoms. The van der Waals surface area contributed by atoms with E-state index >= 15 is 0 Å². The van der Waals surface area contributed by atoms with Gasteiger partial charge in [0.1, 0.15) is 0 Å². The zero-order chi connectivity index (χ0) is 13.0. The lowest BCUT2D eigenvalue weighted by Crippen LogP contribution is -2.38. The van der Waals surface area contributed by atoms with Crippen molar-refractivity contribution >= 4 is 23.0 Å². The molecule has 1 N–H and O–H groups in total. The Morgan fingerprint density at radius 2 is 1.72 bits per heavy atom. The lowest BCUT2D eigenvalue weighted by Gasteiger charge is -2.29. The molecular formula is C15H22N2S. The summed E-state index contributed by atoms with van der Waals surface area (Å²) in [6.45, 7) is 6.60. The van der Waals surface area contributed by atoms with Crippen molar-refractivity contribution in [2.75, 3.05) is 18.4 Å². The predicted molar refractivity (Wildman–Crippen MR) is 82.2 cm³/mol. The Hall–Kier alpha value is -1.09. The van der Waals surface area contributed by atoms with Crippen LogP contribution in [0.2, 0.25) is 0 Å². The number of anilines is 1.